The van der Waals surface area contributed by atoms with E-state index in [1.54, 1.807) is 0 Å². The van der Waals surface area contributed by atoms with Crippen LogP contribution >= 0.6 is 11.8 Å². The maximum absolute atomic E-state index is 2.29. The molecule has 0 N–H and O–H groups in total. The summed E-state index contributed by atoms with van der Waals surface area (Å²) in [4.78, 5) is 0. The van der Waals surface area contributed by atoms with Crippen molar-refractivity contribution >= 4 is 11.8 Å². The first-order valence-corrected chi connectivity index (χ1v) is 4.19. The smallest absolute Gasteiger partial charge is 0.00446 e. The Balaban J connectivity index is 2.83. The predicted molar refractivity (Wildman–Crippen MR) is 37.8 cm³/mol. The first-order valence-electron chi connectivity index (χ1n) is 2.80. The fourth-order valence-electron chi connectivity index (χ4n) is 0.402. The highest BCUT2D eigenvalue weighted by atomic mass is 32.2. The average molecular weight is 118 g/mol. The van der Waals surface area contributed by atoms with Crippen molar-refractivity contribution in [3.63, 3.8) is 0 Å². The molecule has 0 aromatic rings. The minimum atomic E-state index is 0.912. The Morgan fingerprint density at radius 2 is 2.14 bits per heavy atom. The summed E-state index contributed by atoms with van der Waals surface area (Å²) >= 11 is 1.93. The van der Waals surface area contributed by atoms with E-state index in [1.165, 1.54) is 12.2 Å². The molecule has 0 heterocycles. The maximum atomic E-state index is 2.29. The summed E-state index contributed by atoms with van der Waals surface area (Å²) < 4.78 is 0. The molecule has 0 aromatic carbocycles. The zero-order chi connectivity index (χ0) is 5.70. The van der Waals surface area contributed by atoms with Gasteiger partial charge in [-0.05, 0) is 17.9 Å². The normalized spacial score (nSPS) is 14.1. The lowest BCUT2D eigenvalue weighted by Crippen LogP contribution is -1.93. The second-order valence-electron chi connectivity index (χ2n) is 1.97. The molecule has 44 valence electrons. The lowest BCUT2D eigenvalue weighted by Gasteiger charge is -2.02. The molecule has 0 fully saturated rings. The molecule has 0 nitrogen and oxygen atoms in total. The van der Waals surface area contributed by atoms with Crippen LogP contribution in [0.4, 0.5) is 0 Å². The van der Waals surface area contributed by atoms with E-state index in [1.807, 2.05) is 11.8 Å². The Hall–Kier alpha value is 0.350. The third kappa shape index (κ3) is 4.20. The Kier molecular flexibility index (Phi) is 4.73. The molecule has 0 bridgehead atoms. The van der Waals surface area contributed by atoms with Gasteiger partial charge in [0.05, 0.1) is 0 Å². The molecular formula is C6H14S. The van der Waals surface area contributed by atoms with Crippen molar-refractivity contribution in [2.24, 2.45) is 5.92 Å². The van der Waals surface area contributed by atoms with E-state index in [0.29, 0.717) is 0 Å². The molecule has 0 saturated carbocycles. The Morgan fingerprint density at radius 1 is 1.57 bits per heavy atom. The fourth-order valence-corrected chi connectivity index (χ4v) is 1.21. The molecule has 1 heteroatoms. The van der Waals surface area contributed by atoms with E-state index in [4.69, 9.17) is 0 Å². The summed E-state index contributed by atoms with van der Waals surface area (Å²) in [6.07, 6.45) is 3.48. The summed E-state index contributed by atoms with van der Waals surface area (Å²) in [6.45, 7) is 4.53. The zero-order valence-electron chi connectivity index (χ0n) is 5.40. The van der Waals surface area contributed by atoms with E-state index in [0.717, 1.165) is 5.92 Å². The highest BCUT2D eigenvalue weighted by Crippen LogP contribution is 2.06. The Bertz CT molecular complexity index is 35.2. The molecule has 0 unspecified atom stereocenters. The predicted octanol–water partition coefficient (Wildman–Crippen LogP) is 2.40. The average Bonchev–Trinajstić information content (AvgIpc) is 1.68. The van der Waals surface area contributed by atoms with Crippen molar-refractivity contribution in [3.8, 4) is 0 Å². The molecular weight excluding hydrogens is 104 g/mol. The van der Waals surface area contributed by atoms with Crippen molar-refractivity contribution in [3.05, 3.63) is 0 Å². The minimum absolute atomic E-state index is 0.912. The third-order valence-electron chi connectivity index (χ3n) is 1.15. The van der Waals surface area contributed by atoms with Crippen LogP contribution in [0.2, 0.25) is 0 Å². The van der Waals surface area contributed by atoms with Crippen LogP contribution in [-0.4, -0.2) is 12.0 Å². The molecule has 0 saturated heterocycles. The van der Waals surface area contributed by atoms with Gasteiger partial charge in [-0.2, -0.15) is 11.8 Å². The van der Waals surface area contributed by atoms with Crippen LogP contribution in [0.3, 0.4) is 0 Å². The van der Waals surface area contributed by atoms with E-state index in [9.17, 15) is 0 Å². The van der Waals surface area contributed by atoms with E-state index < -0.39 is 0 Å². The van der Waals surface area contributed by atoms with Gasteiger partial charge in [0, 0.05) is 0 Å². The van der Waals surface area contributed by atoms with Crippen molar-refractivity contribution < 1.29 is 0 Å². The van der Waals surface area contributed by atoms with E-state index in [2.05, 4.69) is 20.1 Å². The number of thioether (sulfide) groups is 1. The Morgan fingerprint density at radius 3 is 2.29 bits per heavy atom. The SMILES string of the molecule is CC[C@H](C)CSC. The second kappa shape index (κ2) is 4.51. The monoisotopic (exact) mass is 118 g/mol. The quantitative estimate of drug-likeness (QED) is 0.548. The van der Waals surface area contributed by atoms with Crippen molar-refractivity contribution in [2.75, 3.05) is 12.0 Å². The molecule has 0 spiro atoms. The molecule has 0 aliphatic heterocycles. The molecule has 1 atom stereocenters. The molecule has 0 radical (unpaired) electrons. The second-order valence-corrected chi connectivity index (χ2v) is 2.88. The number of hydrogen-bond donors (Lipinski definition) is 0. The van der Waals surface area contributed by atoms with Gasteiger partial charge in [-0.25, -0.2) is 0 Å². The molecule has 0 amide bonds. The number of rotatable bonds is 3. The van der Waals surface area contributed by atoms with Crippen LogP contribution in [-0.2, 0) is 0 Å². The summed E-state index contributed by atoms with van der Waals surface area (Å²) in [5.41, 5.74) is 0. The lowest BCUT2D eigenvalue weighted by molar-refractivity contribution is 0.637. The van der Waals surface area contributed by atoms with Gasteiger partial charge in [-0.1, -0.05) is 20.3 Å². The molecule has 0 aliphatic rings. The highest BCUT2D eigenvalue weighted by molar-refractivity contribution is 7.98. The molecule has 0 aliphatic carbocycles. The molecule has 0 rings (SSSR count). The van der Waals surface area contributed by atoms with Crippen molar-refractivity contribution in [2.45, 2.75) is 20.3 Å². The van der Waals surface area contributed by atoms with E-state index in [-0.39, 0.29) is 0 Å². The number of hydrogen-bond acceptors (Lipinski definition) is 1. The lowest BCUT2D eigenvalue weighted by atomic mass is 10.2. The van der Waals surface area contributed by atoms with E-state index >= 15 is 0 Å². The molecule has 7 heavy (non-hydrogen) atoms. The summed E-state index contributed by atoms with van der Waals surface area (Å²) in [6, 6.07) is 0. The van der Waals surface area contributed by atoms with Crippen LogP contribution in [0.1, 0.15) is 20.3 Å². The summed E-state index contributed by atoms with van der Waals surface area (Å²) in [5.74, 6) is 2.23. The largest absolute Gasteiger partial charge is 0.165 e. The topological polar surface area (TPSA) is 0 Å². The van der Waals surface area contributed by atoms with Gasteiger partial charge < -0.3 is 0 Å². The minimum Gasteiger partial charge on any atom is -0.165 e. The van der Waals surface area contributed by atoms with Crippen LogP contribution in [0.15, 0.2) is 0 Å². The Labute approximate surface area is 50.7 Å². The first-order chi connectivity index (χ1) is 3.31. The molecule has 0 aromatic heterocycles. The van der Waals surface area contributed by atoms with Gasteiger partial charge in [-0.15, -0.1) is 0 Å². The summed E-state index contributed by atoms with van der Waals surface area (Å²) in [7, 11) is 0. The van der Waals surface area contributed by atoms with Gasteiger partial charge in [0.2, 0.25) is 0 Å². The fraction of sp³-hybridized carbons (Fsp3) is 1.00. The maximum Gasteiger partial charge on any atom is -0.00446 e. The van der Waals surface area contributed by atoms with Crippen LogP contribution < -0.4 is 0 Å². The first kappa shape index (κ1) is 7.35. The van der Waals surface area contributed by atoms with Gasteiger partial charge in [0.15, 0.2) is 0 Å². The van der Waals surface area contributed by atoms with Gasteiger partial charge in [-0.3, -0.25) is 0 Å². The standard InChI is InChI=1S/C6H14S/c1-4-6(2)5-7-3/h6H,4-5H2,1-3H3/t6-/m0/s1. The van der Waals surface area contributed by atoms with Crippen LogP contribution in [0, 0.1) is 5.92 Å². The van der Waals surface area contributed by atoms with Gasteiger partial charge >= 0.3 is 0 Å². The van der Waals surface area contributed by atoms with Crippen LogP contribution in [0.5, 0.6) is 0 Å². The van der Waals surface area contributed by atoms with Gasteiger partial charge in [0.1, 0.15) is 0 Å². The van der Waals surface area contributed by atoms with Crippen molar-refractivity contribution in [1.82, 2.24) is 0 Å². The third-order valence-corrected chi connectivity index (χ3v) is 2.05. The highest BCUT2D eigenvalue weighted by Gasteiger charge is 1.93. The van der Waals surface area contributed by atoms with Crippen LogP contribution in [0.25, 0.3) is 0 Å². The summed E-state index contributed by atoms with van der Waals surface area (Å²) in [5, 5.41) is 0. The van der Waals surface area contributed by atoms with Gasteiger partial charge in [0.25, 0.3) is 0 Å². The zero-order valence-corrected chi connectivity index (χ0v) is 6.22. The van der Waals surface area contributed by atoms with Crippen molar-refractivity contribution in [1.29, 1.82) is 0 Å².